The van der Waals surface area contributed by atoms with Crippen LogP contribution in [0, 0.1) is 0 Å². The highest BCUT2D eigenvalue weighted by Crippen LogP contribution is 2.34. The second-order valence-electron chi connectivity index (χ2n) is 7.06. The molecular weight excluding hydrogens is 361 g/mol. The molecule has 1 heterocycles. The summed E-state index contributed by atoms with van der Waals surface area (Å²) in [5, 5.41) is 4.00. The van der Waals surface area contributed by atoms with Crippen molar-refractivity contribution in [2.45, 2.75) is 32.2 Å². The number of unbranched alkanes of at least 4 members (excludes halogenated alkanes) is 1. The van der Waals surface area contributed by atoms with E-state index >= 15 is 0 Å². The summed E-state index contributed by atoms with van der Waals surface area (Å²) in [4.78, 5) is 4.93. The van der Waals surface area contributed by atoms with Gasteiger partial charge in [-0.25, -0.2) is 4.99 Å². The van der Waals surface area contributed by atoms with Crippen molar-refractivity contribution in [3.05, 3.63) is 90.5 Å². The second kappa shape index (κ2) is 9.17. The molecule has 0 bridgehead atoms. The molecule has 0 radical (unpaired) electrons. The quantitative estimate of drug-likeness (QED) is 0.535. The average molecular weight is 387 g/mol. The van der Waals surface area contributed by atoms with Crippen LogP contribution >= 0.6 is 7.92 Å². The first-order valence-electron chi connectivity index (χ1n) is 10.1. The lowest BCUT2D eigenvalue weighted by Crippen LogP contribution is -2.25. The van der Waals surface area contributed by atoms with Gasteiger partial charge in [0, 0.05) is 5.56 Å². The van der Waals surface area contributed by atoms with Gasteiger partial charge in [-0.2, -0.15) is 0 Å². The smallest absolute Gasteiger partial charge is 0.217 e. The maximum absolute atomic E-state index is 6.07. The van der Waals surface area contributed by atoms with E-state index in [9.17, 15) is 0 Å². The standard InChI is InChI=1S/C25H26NOP/c1-2-3-12-20-19-27-25(26-20)23-17-10-11-18-24(23)28(21-13-6-4-7-14-21)22-15-8-5-9-16-22/h4-11,13-18,20H,2-3,12,19H2,1H3. The molecule has 28 heavy (non-hydrogen) atoms. The molecule has 0 N–H and O–H groups in total. The van der Waals surface area contributed by atoms with Gasteiger partial charge >= 0.3 is 0 Å². The minimum atomic E-state index is -0.669. The molecule has 1 atom stereocenters. The van der Waals surface area contributed by atoms with E-state index in [1.54, 1.807) is 0 Å². The van der Waals surface area contributed by atoms with Gasteiger partial charge in [-0.05, 0) is 36.3 Å². The largest absolute Gasteiger partial charge is 0.475 e. The second-order valence-corrected chi connectivity index (χ2v) is 9.25. The molecule has 142 valence electrons. The van der Waals surface area contributed by atoms with Crippen molar-refractivity contribution in [3.8, 4) is 0 Å². The van der Waals surface area contributed by atoms with E-state index in [0.29, 0.717) is 12.6 Å². The molecule has 3 aromatic carbocycles. The van der Waals surface area contributed by atoms with E-state index in [1.165, 1.54) is 28.8 Å². The highest BCUT2D eigenvalue weighted by atomic mass is 31.1. The fourth-order valence-corrected chi connectivity index (χ4v) is 6.02. The van der Waals surface area contributed by atoms with Crippen molar-refractivity contribution in [2.24, 2.45) is 4.99 Å². The van der Waals surface area contributed by atoms with Crippen LogP contribution in [0.25, 0.3) is 0 Å². The van der Waals surface area contributed by atoms with Gasteiger partial charge in [0.15, 0.2) is 0 Å². The Hall–Kier alpha value is -2.44. The van der Waals surface area contributed by atoms with Gasteiger partial charge in [0.25, 0.3) is 0 Å². The first-order valence-corrected chi connectivity index (χ1v) is 11.4. The molecule has 3 aromatic rings. The molecular formula is C25H26NOP. The number of benzene rings is 3. The van der Waals surface area contributed by atoms with E-state index in [1.807, 2.05) is 0 Å². The third-order valence-corrected chi connectivity index (χ3v) is 7.51. The Labute approximate surface area is 169 Å². The predicted octanol–water partition coefficient (Wildman–Crippen LogP) is 4.78. The lowest BCUT2D eigenvalue weighted by molar-refractivity contribution is 0.310. The lowest BCUT2D eigenvalue weighted by atomic mass is 10.1. The topological polar surface area (TPSA) is 21.6 Å². The molecule has 4 rings (SSSR count). The van der Waals surface area contributed by atoms with Gasteiger partial charge < -0.3 is 4.74 Å². The Bertz CT molecular complexity index is 884. The maximum atomic E-state index is 6.07. The monoisotopic (exact) mass is 387 g/mol. The Morgan fingerprint density at radius 2 is 1.46 bits per heavy atom. The zero-order chi connectivity index (χ0) is 19.2. The number of nitrogens with zero attached hydrogens (tertiary/aromatic N) is 1. The molecule has 0 saturated heterocycles. The Kier molecular flexibility index (Phi) is 6.19. The minimum Gasteiger partial charge on any atom is -0.475 e. The van der Waals surface area contributed by atoms with Crippen molar-refractivity contribution in [1.29, 1.82) is 0 Å². The van der Waals surface area contributed by atoms with Crippen molar-refractivity contribution in [3.63, 3.8) is 0 Å². The molecule has 0 fully saturated rings. The number of rotatable bonds is 7. The van der Waals surface area contributed by atoms with Gasteiger partial charge in [-0.15, -0.1) is 0 Å². The Morgan fingerprint density at radius 1 is 0.857 bits per heavy atom. The zero-order valence-corrected chi connectivity index (χ0v) is 17.2. The summed E-state index contributed by atoms with van der Waals surface area (Å²) >= 11 is 0. The first-order chi connectivity index (χ1) is 13.9. The number of aliphatic imine (C=N–C) groups is 1. The van der Waals surface area contributed by atoms with Crippen LogP contribution in [-0.2, 0) is 4.74 Å². The van der Waals surface area contributed by atoms with Crippen LogP contribution in [0.5, 0.6) is 0 Å². The van der Waals surface area contributed by atoms with Crippen LogP contribution in [0.15, 0.2) is 89.9 Å². The number of hydrogen-bond donors (Lipinski definition) is 0. The van der Waals surface area contributed by atoms with E-state index in [2.05, 4.69) is 91.9 Å². The Morgan fingerprint density at radius 3 is 2.11 bits per heavy atom. The summed E-state index contributed by atoms with van der Waals surface area (Å²) in [7, 11) is -0.669. The number of hydrogen-bond acceptors (Lipinski definition) is 2. The van der Waals surface area contributed by atoms with E-state index in [-0.39, 0.29) is 0 Å². The summed E-state index contributed by atoms with van der Waals surface area (Å²) in [6.07, 6.45) is 3.51. The van der Waals surface area contributed by atoms with Crippen LogP contribution in [0.2, 0.25) is 0 Å². The van der Waals surface area contributed by atoms with E-state index < -0.39 is 7.92 Å². The molecule has 0 amide bonds. The van der Waals surface area contributed by atoms with E-state index in [0.717, 1.165) is 17.9 Å². The van der Waals surface area contributed by atoms with Crippen LogP contribution in [0.4, 0.5) is 0 Å². The summed E-state index contributed by atoms with van der Waals surface area (Å²) in [6, 6.07) is 30.5. The summed E-state index contributed by atoms with van der Waals surface area (Å²) in [5.41, 5.74) is 1.14. The van der Waals surface area contributed by atoms with E-state index in [4.69, 9.17) is 9.73 Å². The van der Waals surface area contributed by atoms with Crippen molar-refractivity contribution in [1.82, 2.24) is 0 Å². The van der Waals surface area contributed by atoms with Crippen LogP contribution in [-0.4, -0.2) is 18.5 Å². The van der Waals surface area contributed by atoms with Crippen molar-refractivity contribution in [2.75, 3.05) is 6.61 Å². The maximum Gasteiger partial charge on any atom is 0.217 e. The van der Waals surface area contributed by atoms with Crippen molar-refractivity contribution >= 4 is 29.7 Å². The molecule has 2 nitrogen and oxygen atoms in total. The molecule has 1 aliphatic heterocycles. The summed E-state index contributed by atoms with van der Waals surface area (Å²) < 4.78 is 6.07. The third-order valence-electron chi connectivity index (χ3n) is 5.01. The molecule has 1 aliphatic rings. The summed E-state index contributed by atoms with van der Waals surface area (Å²) in [5.74, 6) is 0.816. The molecule has 3 heteroatoms. The average Bonchev–Trinajstić information content (AvgIpc) is 3.23. The SMILES string of the molecule is CCCCC1COC(c2ccccc2P(c2ccccc2)c2ccccc2)=N1. The molecule has 0 aromatic heterocycles. The van der Waals surface area contributed by atoms with Crippen LogP contribution in [0.1, 0.15) is 31.7 Å². The fraction of sp³-hybridized carbons (Fsp3) is 0.240. The predicted molar refractivity (Wildman–Crippen MR) is 121 cm³/mol. The van der Waals surface area contributed by atoms with Gasteiger partial charge in [0.1, 0.15) is 6.61 Å². The van der Waals surface area contributed by atoms with Gasteiger partial charge in [0.2, 0.25) is 5.90 Å². The summed E-state index contributed by atoms with van der Waals surface area (Å²) in [6.45, 7) is 2.93. The van der Waals surface area contributed by atoms with Crippen LogP contribution < -0.4 is 15.9 Å². The molecule has 0 saturated carbocycles. The first kappa shape index (κ1) is 18.9. The highest BCUT2D eigenvalue weighted by Gasteiger charge is 2.25. The molecule has 0 aliphatic carbocycles. The van der Waals surface area contributed by atoms with Gasteiger partial charge in [-0.1, -0.05) is 98.6 Å². The number of ether oxygens (including phenoxy) is 1. The van der Waals surface area contributed by atoms with Gasteiger partial charge in [0.05, 0.1) is 6.04 Å². The normalized spacial score (nSPS) is 16.1. The lowest BCUT2D eigenvalue weighted by Gasteiger charge is -2.22. The van der Waals surface area contributed by atoms with Crippen molar-refractivity contribution < 1.29 is 4.74 Å². The Balaban J connectivity index is 1.77. The van der Waals surface area contributed by atoms with Crippen LogP contribution in [0.3, 0.4) is 0 Å². The highest BCUT2D eigenvalue weighted by molar-refractivity contribution is 7.80. The van der Waals surface area contributed by atoms with Gasteiger partial charge in [-0.3, -0.25) is 0 Å². The zero-order valence-electron chi connectivity index (χ0n) is 16.3. The fourth-order valence-electron chi connectivity index (χ4n) is 3.58. The molecule has 1 unspecified atom stereocenters. The minimum absolute atomic E-state index is 0.294. The third kappa shape index (κ3) is 4.18. The molecule has 0 spiro atoms.